The minimum Gasteiger partial charge on any atom is -0.448 e. The minimum atomic E-state index is 0.261. The van der Waals surface area contributed by atoms with Crippen molar-refractivity contribution >= 4 is 16.9 Å². The second kappa shape index (κ2) is 7.54. The SMILES string of the molecule is CC(C)c1nc(CN2CC[C@H]3[C@@H]2CC(=O)N3CCc2nc3ccccc3n2C)co1. The summed E-state index contributed by atoms with van der Waals surface area (Å²) in [7, 11) is 2.06. The van der Waals surface area contributed by atoms with Crippen LogP contribution in [0, 0.1) is 0 Å². The summed E-state index contributed by atoms with van der Waals surface area (Å²) in [5.74, 6) is 2.37. The van der Waals surface area contributed by atoms with Crippen molar-refractivity contribution in [2.24, 2.45) is 7.05 Å². The van der Waals surface area contributed by atoms with Crippen LogP contribution < -0.4 is 0 Å². The van der Waals surface area contributed by atoms with Gasteiger partial charge in [0.2, 0.25) is 5.91 Å². The van der Waals surface area contributed by atoms with E-state index in [0.29, 0.717) is 12.5 Å². The largest absolute Gasteiger partial charge is 0.448 e. The average Bonchev–Trinajstić information content (AvgIpc) is 3.47. The van der Waals surface area contributed by atoms with E-state index in [0.717, 1.165) is 60.9 Å². The Hall–Kier alpha value is -2.67. The highest BCUT2D eigenvalue weighted by Gasteiger charge is 2.46. The van der Waals surface area contributed by atoms with Crippen molar-refractivity contribution in [1.82, 2.24) is 24.3 Å². The number of nitrogens with zero attached hydrogens (tertiary/aromatic N) is 5. The number of carbonyl (C=O) groups is 1. The summed E-state index contributed by atoms with van der Waals surface area (Å²) >= 11 is 0. The third-order valence-corrected chi connectivity index (χ3v) is 6.61. The van der Waals surface area contributed by atoms with E-state index < -0.39 is 0 Å². The third kappa shape index (κ3) is 3.31. The highest BCUT2D eigenvalue weighted by molar-refractivity contribution is 5.80. The molecule has 158 valence electrons. The van der Waals surface area contributed by atoms with Gasteiger partial charge in [-0.15, -0.1) is 0 Å². The first-order valence-corrected chi connectivity index (χ1v) is 10.9. The highest BCUT2D eigenvalue weighted by atomic mass is 16.3. The van der Waals surface area contributed by atoms with Gasteiger partial charge in [-0.1, -0.05) is 26.0 Å². The number of aryl methyl sites for hydroxylation is 1. The molecule has 2 aliphatic heterocycles. The molecule has 2 saturated heterocycles. The monoisotopic (exact) mass is 407 g/mol. The molecular weight excluding hydrogens is 378 g/mol. The molecule has 0 spiro atoms. The van der Waals surface area contributed by atoms with Crippen LogP contribution >= 0.6 is 0 Å². The number of oxazole rings is 1. The standard InChI is InChI=1S/C23H29N5O2/c1-15(2)23-24-16(14-30-23)13-27-10-8-19-20(27)12-22(29)28(19)11-9-21-25-17-6-4-5-7-18(17)26(21)3/h4-7,14-15,19-20H,8-13H2,1-3H3/t19-,20-/m0/s1. The van der Waals surface area contributed by atoms with E-state index >= 15 is 0 Å². The molecule has 2 fully saturated rings. The zero-order chi connectivity index (χ0) is 20.8. The van der Waals surface area contributed by atoms with E-state index in [1.165, 1.54) is 0 Å². The normalized spacial score (nSPS) is 22.0. The zero-order valence-corrected chi connectivity index (χ0v) is 17.9. The molecule has 3 aromatic rings. The van der Waals surface area contributed by atoms with Crippen molar-refractivity contribution in [2.75, 3.05) is 13.1 Å². The van der Waals surface area contributed by atoms with Crippen LogP contribution in [0.2, 0.25) is 0 Å². The fourth-order valence-electron chi connectivity index (χ4n) is 5.00. The predicted molar refractivity (Wildman–Crippen MR) is 114 cm³/mol. The number of fused-ring (bicyclic) bond motifs is 2. The van der Waals surface area contributed by atoms with E-state index in [2.05, 4.69) is 46.3 Å². The van der Waals surface area contributed by atoms with E-state index in [1.807, 2.05) is 18.2 Å². The molecule has 7 nitrogen and oxygen atoms in total. The van der Waals surface area contributed by atoms with Crippen molar-refractivity contribution in [3.63, 3.8) is 0 Å². The number of carbonyl (C=O) groups excluding carboxylic acids is 1. The van der Waals surface area contributed by atoms with Gasteiger partial charge in [-0.25, -0.2) is 9.97 Å². The molecule has 0 unspecified atom stereocenters. The quantitative estimate of drug-likeness (QED) is 0.628. The molecule has 5 rings (SSSR count). The maximum absolute atomic E-state index is 12.8. The maximum atomic E-state index is 12.8. The van der Waals surface area contributed by atoms with Crippen molar-refractivity contribution in [3.05, 3.63) is 47.9 Å². The Morgan fingerprint density at radius 1 is 1.20 bits per heavy atom. The van der Waals surface area contributed by atoms with Gasteiger partial charge in [0.15, 0.2) is 5.89 Å². The summed E-state index contributed by atoms with van der Waals surface area (Å²) in [5.41, 5.74) is 3.12. The summed E-state index contributed by atoms with van der Waals surface area (Å²) in [5, 5.41) is 0. The van der Waals surface area contributed by atoms with Crippen molar-refractivity contribution in [1.29, 1.82) is 0 Å². The van der Waals surface area contributed by atoms with Crippen LogP contribution in [-0.4, -0.2) is 55.4 Å². The van der Waals surface area contributed by atoms with Crippen molar-refractivity contribution in [2.45, 2.75) is 57.7 Å². The molecule has 7 heteroatoms. The van der Waals surface area contributed by atoms with Gasteiger partial charge >= 0.3 is 0 Å². The second-order valence-electron chi connectivity index (χ2n) is 8.84. The first-order chi connectivity index (χ1) is 14.5. The van der Waals surface area contributed by atoms with Crippen molar-refractivity contribution < 1.29 is 9.21 Å². The number of rotatable bonds is 6. The molecule has 0 radical (unpaired) electrons. The predicted octanol–water partition coefficient (Wildman–Crippen LogP) is 3.10. The summed E-state index contributed by atoms with van der Waals surface area (Å²) in [4.78, 5) is 26.7. The molecule has 0 aliphatic carbocycles. The Balaban J connectivity index is 1.25. The van der Waals surface area contributed by atoms with Crippen LogP contribution in [0.1, 0.15) is 50.0 Å². The lowest BCUT2D eigenvalue weighted by Gasteiger charge is -2.25. The Bertz CT molecular complexity index is 1070. The van der Waals surface area contributed by atoms with E-state index in [9.17, 15) is 4.79 Å². The van der Waals surface area contributed by atoms with Gasteiger partial charge in [0.05, 0.1) is 16.7 Å². The lowest BCUT2D eigenvalue weighted by molar-refractivity contribution is -0.129. The highest BCUT2D eigenvalue weighted by Crippen LogP contribution is 2.33. The molecule has 2 atom stereocenters. The fourth-order valence-corrected chi connectivity index (χ4v) is 5.00. The smallest absolute Gasteiger partial charge is 0.224 e. The summed E-state index contributed by atoms with van der Waals surface area (Å²) in [6, 6.07) is 8.75. The number of aromatic nitrogens is 3. The average molecular weight is 408 g/mol. The number of imidazole rings is 1. The Morgan fingerprint density at radius 3 is 2.80 bits per heavy atom. The number of hydrogen-bond acceptors (Lipinski definition) is 5. The number of hydrogen-bond donors (Lipinski definition) is 0. The van der Waals surface area contributed by atoms with E-state index in [1.54, 1.807) is 6.26 Å². The van der Waals surface area contributed by atoms with Crippen LogP contribution in [-0.2, 0) is 24.8 Å². The molecule has 2 aromatic heterocycles. The maximum Gasteiger partial charge on any atom is 0.224 e. The third-order valence-electron chi connectivity index (χ3n) is 6.61. The van der Waals surface area contributed by atoms with Gasteiger partial charge in [0.1, 0.15) is 12.1 Å². The molecule has 0 bridgehead atoms. The summed E-state index contributed by atoms with van der Waals surface area (Å²) in [6.45, 7) is 6.64. The molecule has 1 aromatic carbocycles. The fraction of sp³-hybridized carbons (Fsp3) is 0.522. The minimum absolute atomic E-state index is 0.261. The summed E-state index contributed by atoms with van der Waals surface area (Å²) < 4.78 is 7.73. The zero-order valence-electron chi connectivity index (χ0n) is 17.9. The van der Waals surface area contributed by atoms with Crippen LogP contribution in [0.4, 0.5) is 0 Å². The molecule has 4 heterocycles. The Kier molecular flexibility index (Phi) is 4.85. The first kappa shape index (κ1) is 19.3. The van der Waals surface area contributed by atoms with Gasteiger partial charge in [-0.05, 0) is 18.6 Å². The molecule has 0 N–H and O–H groups in total. The van der Waals surface area contributed by atoms with Gasteiger partial charge in [0, 0.05) is 57.5 Å². The summed E-state index contributed by atoms with van der Waals surface area (Å²) in [6.07, 6.45) is 4.17. The second-order valence-corrected chi connectivity index (χ2v) is 8.84. The van der Waals surface area contributed by atoms with Gasteiger partial charge in [-0.2, -0.15) is 0 Å². The van der Waals surface area contributed by atoms with Crippen molar-refractivity contribution in [3.8, 4) is 0 Å². The Labute approximate surface area is 176 Å². The Morgan fingerprint density at radius 2 is 2.03 bits per heavy atom. The number of amides is 1. The first-order valence-electron chi connectivity index (χ1n) is 10.9. The van der Waals surface area contributed by atoms with E-state index in [4.69, 9.17) is 9.40 Å². The lowest BCUT2D eigenvalue weighted by atomic mass is 10.1. The molecule has 30 heavy (non-hydrogen) atoms. The number of likely N-dealkylation sites (tertiary alicyclic amines) is 2. The van der Waals surface area contributed by atoms with Crippen LogP contribution in [0.5, 0.6) is 0 Å². The van der Waals surface area contributed by atoms with Crippen LogP contribution in [0.25, 0.3) is 11.0 Å². The van der Waals surface area contributed by atoms with Gasteiger partial charge in [0.25, 0.3) is 0 Å². The van der Waals surface area contributed by atoms with Gasteiger partial charge in [-0.3, -0.25) is 9.69 Å². The van der Waals surface area contributed by atoms with Gasteiger partial charge < -0.3 is 13.9 Å². The molecular formula is C23H29N5O2. The number of benzene rings is 1. The molecule has 2 aliphatic rings. The van der Waals surface area contributed by atoms with Crippen LogP contribution in [0.3, 0.4) is 0 Å². The van der Waals surface area contributed by atoms with E-state index in [-0.39, 0.29) is 17.9 Å². The lowest BCUT2D eigenvalue weighted by Crippen LogP contribution is -2.38. The molecule has 0 saturated carbocycles. The van der Waals surface area contributed by atoms with Crippen LogP contribution in [0.15, 0.2) is 34.9 Å². The number of para-hydroxylation sites is 2. The molecule has 1 amide bonds. The topological polar surface area (TPSA) is 67.4 Å².